The van der Waals surface area contributed by atoms with Gasteiger partial charge >= 0.3 is 0 Å². The summed E-state index contributed by atoms with van der Waals surface area (Å²) in [4.78, 5) is 24.5. The lowest BCUT2D eigenvalue weighted by atomic mass is 10.0. The maximum Gasteiger partial charge on any atom is 0.241 e. The molecule has 3 aromatic rings. The van der Waals surface area contributed by atoms with Crippen LogP contribution in [0.2, 0.25) is 0 Å². The predicted molar refractivity (Wildman–Crippen MR) is 110 cm³/mol. The largest absolute Gasteiger partial charge is 0.456 e. The molecule has 1 fully saturated rings. The number of carbonyl (C=O) groups excluding carboxylic acids is 1. The first-order valence-corrected chi connectivity index (χ1v) is 10.3. The predicted octanol–water partition coefficient (Wildman–Crippen LogP) is 4.32. The lowest BCUT2D eigenvalue weighted by molar-refractivity contribution is -0.122. The van der Waals surface area contributed by atoms with Crippen LogP contribution in [0, 0.1) is 0 Å². The van der Waals surface area contributed by atoms with Gasteiger partial charge in [0.2, 0.25) is 5.91 Å². The highest BCUT2D eigenvalue weighted by Crippen LogP contribution is 2.24. The van der Waals surface area contributed by atoms with E-state index in [0.717, 1.165) is 38.0 Å². The van der Waals surface area contributed by atoms with Crippen molar-refractivity contribution in [3.8, 4) is 11.5 Å². The van der Waals surface area contributed by atoms with Crippen LogP contribution in [0.4, 0.5) is 5.69 Å². The normalized spacial score (nSPS) is 17.2. The highest BCUT2D eigenvalue weighted by molar-refractivity contribution is 7.09. The number of aromatic nitrogens is 2. The molecule has 144 valence electrons. The Bertz CT molecular complexity index is 885. The molecule has 3 heterocycles. The van der Waals surface area contributed by atoms with Gasteiger partial charge in [0.05, 0.1) is 17.7 Å². The van der Waals surface area contributed by atoms with Crippen LogP contribution < -0.4 is 10.1 Å². The zero-order valence-electron chi connectivity index (χ0n) is 15.5. The summed E-state index contributed by atoms with van der Waals surface area (Å²) in [5, 5.41) is 3.05. The smallest absolute Gasteiger partial charge is 0.241 e. The average Bonchev–Trinajstić information content (AvgIpc) is 3.24. The van der Waals surface area contributed by atoms with Crippen molar-refractivity contribution < 1.29 is 9.53 Å². The zero-order valence-corrected chi connectivity index (χ0v) is 16.3. The summed E-state index contributed by atoms with van der Waals surface area (Å²) in [6.07, 6.45) is 8.34. The van der Waals surface area contributed by atoms with Gasteiger partial charge in [-0.15, -0.1) is 11.3 Å². The molecule has 28 heavy (non-hydrogen) atoms. The molecule has 1 saturated heterocycles. The standard InChI is InChI=1S/C21H22N4O2S/c26-21(20-5-1-2-11-25(20)14-19-13-23-15-28-19)24-16-6-8-17(9-7-16)27-18-4-3-10-22-12-18/h3-4,6-10,12-13,15,20H,1-2,5,11,14H2,(H,24,26)/t20-/m1/s1. The van der Waals surface area contributed by atoms with Crippen molar-refractivity contribution in [1.29, 1.82) is 0 Å². The van der Waals surface area contributed by atoms with Gasteiger partial charge in [0.1, 0.15) is 11.5 Å². The monoisotopic (exact) mass is 394 g/mol. The van der Waals surface area contributed by atoms with E-state index in [2.05, 4.69) is 20.2 Å². The second-order valence-electron chi connectivity index (χ2n) is 6.75. The fourth-order valence-electron chi connectivity index (χ4n) is 3.37. The Kier molecular flexibility index (Phi) is 5.94. The molecule has 0 radical (unpaired) electrons. The molecule has 1 aliphatic heterocycles. The third-order valence-corrected chi connectivity index (χ3v) is 5.52. The van der Waals surface area contributed by atoms with Crippen molar-refractivity contribution in [2.75, 3.05) is 11.9 Å². The van der Waals surface area contributed by atoms with Gasteiger partial charge in [0.15, 0.2) is 0 Å². The Hall–Kier alpha value is -2.77. The van der Waals surface area contributed by atoms with Crippen molar-refractivity contribution in [2.24, 2.45) is 0 Å². The van der Waals surface area contributed by atoms with Gasteiger partial charge in [0.25, 0.3) is 0 Å². The molecule has 1 N–H and O–H groups in total. The number of carbonyl (C=O) groups is 1. The minimum absolute atomic E-state index is 0.0464. The van der Waals surface area contributed by atoms with Crippen LogP contribution in [0.25, 0.3) is 0 Å². The first-order chi connectivity index (χ1) is 13.8. The minimum atomic E-state index is -0.109. The molecule has 1 atom stereocenters. The van der Waals surface area contributed by atoms with Gasteiger partial charge in [-0.2, -0.15) is 0 Å². The summed E-state index contributed by atoms with van der Waals surface area (Å²) >= 11 is 1.63. The number of benzene rings is 1. The molecule has 4 rings (SSSR count). The molecule has 0 aliphatic carbocycles. The molecular formula is C21H22N4O2S. The van der Waals surface area contributed by atoms with Crippen LogP contribution in [0.3, 0.4) is 0 Å². The lowest BCUT2D eigenvalue weighted by Crippen LogP contribution is -2.46. The van der Waals surface area contributed by atoms with Gasteiger partial charge in [-0.3, -0.25) is 19.7 Å². The summed E-state index contributed by atoms with van der Waals surface area (Å²) in [5.41, 5.74) is 2.61. The summed E-state index contributed by atoms with van der Waals surface area (Å²) in [6, 6.07) is 11.0. The quantitative estimate of drug-likeness (QED) is 0.674. The number of rotatable bonds is 6. The number of ether oxygens (including phenoxy) is 1. The van der Waals surface area contributed by atoms with E-state index in [1.54, 1.807) is 23.7 Å². The van der Waals surface area contributed by atoms with Crippen molar-refractivity contribution in [1.82, 2.24) is 14.9 Å². The highest BCUT2D eigenvalue weighted by Gasteiger charge is 2.29. The first-order valence-electron chi connectivity index (χ1n) is 9.38. The number of likely N-dealkylation sites (tertiary alicyclic amines) is 1. The van der Waals surface area contributed by atoms with Gasteiger partial charge in [-0.05, 0) is 55.8 Å². The Labute approximate surface area is 168 Å². The molecule has 0 spiro atoms. The zero-order chi connectivity index (χ0) is 19.2. The summed E-state index contributed by atoms with van der Waals surface area (Å²) in [6.45, 7) is 1.72. The minimum Gasteiger partial charge on any atom is -0.456 e. The second-order valence-corrected chi connectivity index (χ2v) is 7.73. The maximum atomic E-state index is 12.9. The van der Waals surface area contributed by atoms with E-state index >= 15 is 0 Å². The first kappa shape index (κ1) is 18.6. The average molecular weight is 395 g/mol. The van der Waals surface area contributed by atoms with Crippen molar-refractivity contribution in [3.05, 3.63) is 65.4 Å². The molecule has 6 nitrogen and oxygen atoms in total. The number of nitrogens with zero attached hydrogens (tertiary/aromatic N) is 3. The van der Waals surface area contributed by atoms with Gasteiger partial charge < -0.3 is 10.1 Å². The van der Waals surface area contributed by atoms with Crippen molar-refractivity contribution in [2.45, 2.75) is 31.8 Å². The highest BCUT2D eigenvalue weighted by atomic mass is 32.1. The lowest BCUT2D eigenvalue weighted by Gasteiger charge is -2.34. The van der Waals surface area contributed by atoms with Crippen LogP contribution in [0.1, 0.15) is 24.1 Å². The van der Waals surface area contributed by atoms with Crippen molar-refractivity contribution in [3.63, 3.8) is 0 Å². The molecule has 1 amide bonds. The number of hydrogen-bond acceptors (Lipinski definition) is 6. The van der Waals surface area contributed by atoms with E-state index in [4.69, 9.17) is 4.74 Å². The van der Waals surface area contributed by atoms with Crippen LogP contribution in [-0.2, 0) is 11.3 Å². The van der Waals surface area contributed by atoms with E-state index in [0.29, 0.717) is 11.5 Å². The number of pyridine rings is 1. The van der Waals surface area contributed by atoms with Gasteiger partial charge in [-0.1, -0.05) is 6.42 Å². The fourth-order valence-corrected chi connectivity index (χ4v) is 3.99. The molecule has 7 heteroatoms. The molecule has 0 unspecified atom stereocenters. The second kappa shape index (κ2) is 8.95. The van der Waals surface area contributed by atoms with Crippen LogP contribution in [-0.4, -0.2) is 33.4 Å². The van der Waals surface area contributed by atoms with E-state index in [1.165, 1.54) is 4.88 Å². The number of nitrogens with one attached hydrogen (secondary N) is 1. The molecule has 0 saturated carbocycles. The summed E-state index contributed by atoms with van der Waals surface area (Å²) in [7, 11) is 0. The van der Waals surface area contributed by atoms with Gasteiger partial charge in [-0.25, -0.2) is 0 Å². The summed E-state index contributed by atoms with van der Waals surface area (Å²) < 4.78 is 5.74. The molecule has 1 aliphatic rings. The Morgan fingerprint density at radius 3 is 2.79 bits per heavy atom. The molecule has 1 aromatic carbocycles. The number of hydrogen-bond donors (Lipinski definition) is 1. The number of thiazole rings is 1. The van der Waals surface area contributed by atoms with Crippen LogP contribution in [0.5, 0.6) is 11.5 Å². The number of amides is 1. The van der Waals surface area contributed by atoms with E-state index in [9.17, 15) is 4.79 Å². The molecular weight excluding hydrogens is 372 g/mol. The van der Waals surface area contributed by atoms with Crippen LogP contribution in [0.15, 0.2) is 60.5 Å². The Morgan fingerprint density at radius 1 is 1.14 bits per heavy atom. The van der Waals surface area contributed by atoms with E-state index < -0.39 is 0 Å². The van der Waals surface area contributed by atoms with Crippen LogP contribution >= 0.6 is 11.3 Å². The van der Waals surface area contributed by atoms with Crippen molar-refractivity contribution >= 4 is 22.9 Å². The molecule has 0 bridgehead atoms. The number of anilines is 1. The maximum absolute atomic E-state index is 12.9. The number of piperidine rings is 1. The third kappa shape index (κ3) is 4.74. The Morgan fingerprint density at radius 2 is 2.04 bits per heavy atom. The molecule has 2 aromatic heterocycles. The SMILES string of the molecule is O=C(Nc1ccc(Oc2cccnc2)cc1)[C@H]1CCCCN1Cc1cncs1. The van der Waals surface area contributed by atoms with E-state index in [-0.39, 0.29) is 11.9 Å². The topological polar surface area (TPSA) is 67.3 Å². The Balaban J connectivity index is 1.37. The third-order valence-electron chi connectivity index (χ3n) is 4.75. The van der Waals surface area contributed by atoms with Gasteiger partial charge in [0, 0.05) is 29.5 Å². The van der Waals surface area contributed by atoms with E-state index in [1.807, 2.05) is 48.1 Å². The summed E-state index contributed by atoms with van der Waals surface area (Å²) in [5.74, 6) is 1.43. The fraction of sp³-hybridized carbons (Fsp3) is 0.286.